The summed E-state index contributed by atoms with van der Waals surface area (Å²) < 4.78 is 5.38. The molecule has 116 valence electrons. The Labute approximate surface area is 129 Å². The van der Waals surface area contributed by atoms with Crippen molar-refractivity contribution in [2.45, 2.75) is 26.7 Å². The summed E-state index contributed by atoms with van der Waals surface area (Å²) in [7, 11) is 0. The number of allylic oxidation sites excluding steroid dienone is 1. The SMILES string of the molecule is CC1(C)[C@H]2CC=C(COC(=O)c3ccccc3C(=O)O)[C@@H]1C2. The molecular weight excluding hydrogens is 280 g/mol. The standard InChI is InChI=1S/C18H20O4/c1-18(2)12-8-7-11(15(18)9-12)10-22-17(21)14-6-4-3-5-13(14)16(19)20/h3-7,12,15H,8-10H2,1-2H3,(H,19,20)/t12-,15-/m0/s1. The second-order valence-electron chi connectivity index (χ2n) is 6.75. The molecule has 0 unspecified atom stereocenters. The third kappa shape index (κ3) is 2.32. The van der Waals surface area contributed by atoms with Crippen LogP contribution in [0.4, 0.5) is 0 Å². The van der Waals surface area contributed by atoms with Crippen LogP contribution >= 0.6 is 0 Å². The molecule has 4 nitrogen and oxygen atoms in total. The molecule has 0 amide bonds. The maximum absolute atomic E-state index is 12.2. The van der Waals surface area contributed by atoms with Crippen LogP contribution in [-0.4, -0.2) is 23.7 Å². The first-order valence-corrected chi connectivity index (χ1v) is 7.59. The lowest BCUT2D eigenvalue weighted by molar-refractivity contribution is -0.0155. The lowest BCUT2D eigenvalue weighted by Crippen LogP contribution is -2.48. The minimum Gasteiger partial charge on any atom is -0.478 e. The van der Waals surface area contributed by atoms with Gasteiger partial charge in [-0.25, -0.2) is 9.59 Å². The van der Waals surface area contributed by atoms with Crippen LogP contribution in [-0.2, 0) is 4.74 Å². The third-order valence-corrected chi connectivity index (χ3v) is 5.33. The van der Waals surface area contributed by atoms with Crippen LogP contribution in [0.5, 0.6) is 0 Å². The Bertz CT molecular complexity index is 657. The fraction of sp³-hybridized carbons (Fsp3) is 0.444. The fourth-order valence-electron chi connectivity index (χ4n) is 3.71. The molecule has 0 spiro atoms. The fourth-order valence-corrected chi connectivity index (χ4v) is 3.71. The van der Waals surface area contributed by atoms with Crippen molar-refractivity contribution in [1.82, 2.24) is 0 Å². The quantitative estimate of drug-likeness (QED) is 0.682. The summed E-state index contributed by atoms with van der Waals surface area (Å²) in [6.07, 6.45) is 4.39. The van der Waals surface area contributed by atoms with Crippen LogP contribution in [0.2, 0.25) is 0 Å². The predicted octanol–water partition coefficient (Wildman–Crippen LogP) is 3.53. The molecule has 1 N–H and O–H groups in total. The van der Waals surface area contributed by atoms with Gasteiger partial charge in [-0.05, 0) is 47.8 Å². The first-order valence-electron chi connectivity index (χ1n) is 7.59. The predicted molar refractivity (Wildman–Crippen MR) is 81.8 cm³/mol. The highest BCUT2D eigenvalue weighted by Gasteiger charge is 2.51. The zero-order valence-electron chi connectivity index (χ0n) is 12.8. The molecule has 0 saturated heterocycles. The van der Waals surface area contributed by atoms with E-state index in [2.05, 4.69) is 19.9 Å². The zero-order valence-corrected chi connectivity index (χ0v) is 12.8. The zero-order chi connectivity index (χ0) is 15.9. The Morgan fingerprint density at radius 3 is 2.55 bits per heavy atom. The number of fused-ring (bicyclic) bond motifs is 1. The molecule has 4 heteroatoms. The molecule has 0 radical (unpaired) electrons. The first kappa shape index (κ1) is 14.8. The van der Waals surface area contributed by atoms with Gasteiger partial charge in [-0.15, -0.1) is 0 Å². The lowest BCUT2D eigenvalue weighted by atomic mass is 9.49. The Kier molecular flexibility index (Phi) is 3.55. The molecule has 3 aliphatic carbocycles. The van der Waals surface area contributed by atoms with Crippen molar-refractivity contribution < 1.29 is 19.4 Å². The number of carbonyl (C=O) groups is 2. The molecule has 0 heterocycles. The minimum absolute atomic E-state index is 0.0193. The van der Waals surface area contributed by atoms with E-state index < -0.39 is 11.9 Å². The van der Waals surface area contributed by atoms with Crippen LogP contribution in [0.1, 0.15) is 47.4 Å². The molecule has 1 aromatic rings. The number of carboxylic acid groups (broad SMARTS) is 1. The lowest BCUT2D eigenvalue weighted by Gasteiger charge is -2.56. The van der Waals surface area contributed by atoms with Crippen molar-refractivity contribution in [2.24, 2.45) is 17.3 Å². The number of hydrogen-bond acceptors (Lipinski definition) is 3. The van der Waals surface area contributed by atoms with Gasteiger partial charge in [0.25, 0.3) is 0 Å². The van der Waals surface area contributed by atoms with Gasteiger partial charge in [-0.1, -0.05) is 32.1 Å². The third-order valence-electron chi connectivity index (χ3n) is 5.33. The number of rotatable bonds is 4. The van der Waals surface area contributed by atoms with Gasteiger partial charge in [-0.2, -0.15) is 0 Å². The normalized spacial score (nSPS) is 24.9. The van der Waals surface area contributed by atoms with E-state index in [1.165, 1.54) is 24.1 Å². The van der Waals surface area contributed by atoms with Crippen LogP contribution in [0.15, 0.2) is 35.9 Å². The van der Waals surface area contributed by atoms with Gasteiger partial charge in [0.05, 0.1) is 11.1 Å². The molecule has 1 fully saturated rings. The highest BCUT2D eigenvalue weighted by atomic mass is 16.5. The van der Waals surface area contributed by atoms with Gasteiger partial charge in [0.15, 0.2) is 0 Å². The van der Waals surface area contributed by atoms with Crippen molar-refractivity contribution >= 4 is 11.9 Å². The maximum Gasteiger partial charge on any atom is 0.339 e. The van der Waals surface area contributed by atoms with E-state index in [-0.39, 0.29) is 23.1 Å². The largest absolute Gasteiger partial charge is 0.478 e. The number of aromatic carboxylic acids is 1. The molecule has 3 aliphatic rings. The van der Waals surface area contributed by atoms with Gasteiger partial charge in [0.2, 0.25) is 0 Å². The van der Waals surface area contributed by atoms with E-state index in [0.717, 1.165) is 12.3 Å². The molecule has 2 bridgehead atoms. The van der Waals surface area contributed by atoms with Crippen molar-refractivity contribution in [3.63, 3.8) is 0 Å². The van der Waals surface area contributed by atoms with E-state index in [1.54, 1.807) is 12.1 Å². The molecule has 22 heavy (non-hydrogen) atoms. The summed E-state index contributed by atoms with van der Waals surface area (Å²) in [6.45, 7) is 4.79. The molecule has 1 saturated carbocycles. The van der Waals surface area contributed by atoms with E-state index in [9.17, 15) is 9.59 Å². The maximum atomic E-state index is 12.2. The highest BCUT2D eigenvalue weighted by Crippen LogP contribution is 2.59. The summed E-state index contributed by atoms with van der Waals surface area (Å²) in [5, 5.41) is 9.13. The molecule has 0 aromatic heterocycles. The van der Waals surface area contributed by atoms with Crippen molar-refractivity contribution in [1.29, 1.82) is 0 Å². The number of hydrogen-bond donors (Lipinski definition) is 1. The monoisotopic (exact) mass is 300 g/mol. The van der Waals surface area contributed by atoms with Gasteiger partial charge in [-0.3, -0.25) is 0 Å². The summed E-state index contributed by atoms with van der Waals surface area (Å²) in [5.41, 5.74) is 1.55. The second-order valence-corrected chi connectivity index (χ2v) is 6.75. The van der Waals surface area contributed by atoms with E-state index in [4.69, 9.17) is 9.84 Å². The average Bonchev–Trinajstić information content (AvgIpc) is 2.52. The second kappa shape index (κ2) is 5.27. The average molecular weight is 300 g/mol. The summed E-state index contributed by atoms with van der Waals surface area (Å²) in [6, 6.07) is 6.15. The number of carboxylic acids is 1. The van der Waals surface area contributed by atoms with Crippen molar-refractivity contribution in [3.8, 4) is 0 Å². The number of ether oxygens (including phenoxy) is 1. The Morgan fingerprint density at radius 2 is 1.95 bits per heavy atom. The van der Waals surface area contributed by atoms with Crippen LogP contribution in [0, 0.1) is 17.3 Å². The first-order chi connectivity index (χ1) is 10.4. The molecule has 2 atom stereocenters. The van der Waals surface area contributed by atoms with Crippen LogP contribution < -0.4 is 0 Å². The minimum atomic E-state index is -1.12. The van der Waals surface area contributed by atoms with E-state index in [1.807, 2.05) is 0 Å². The molecular formula is C18H20O4. The van der Waals surface area contributed by atoms with Gasteiger partial charge >= 0.3 is 11.9 Å². The Morgan fingerprint density at radius 1 is 1.27 bits per heavy atom. The van der Waals surface area contributed by atoms with Gasteiger partial charge < -0.3 is 9.84 Å². The Balaban J connectivity index is 1.69. The van der Waals surface area contributed by atoms with Crippen molar-refractivity contribution in [2.75, 3.05) is 6.61 Å². The Hall–Kier alpha value is -2.10. The van der Waals surface area contributed by atoms with E-state index in [0.29, 0.717) is 5.92 Å². The van der Waals surface area contributed by atoms with Gasteiger partial charge in [0.1, 0.15) is 6.61 Å². The van der Waals surface area contributed by atoms with Crippen LogP contribution in [0.25, 0.3) is 0 Å². The van der Waals surface area contributed by atoms with Crippen LogP contribution in [0.3, 0.4) is 0 Å². The van der Waals surface area contributed by atoms with Crippen molar-refractivity contribution in [3.05, 3.63) is 47.0 Å². The summed E-state index contributed by atoms with van der Waals surface area (Å²) in [4.78, 5) is 23.3. The summed E-state index contributed by atoms with van der Waals surface area (Å²) in [5.74, 6) is -0.469. The number of carbonyl (C=O) groups excluding carboxylic acids is 1. The topological polar surface area (TPSA) is 63.6 Å². The summed E-state index contributed by atoms with van der Waals surface area (Å²) >= 11 is 0. The number of esters is 1. The van der Waals surface area contributed by atoms with E-state index >= 15 is 0 Å². The molecule has 1 aromatic carbocycles. The number of benzene rings is 1. The molecule has 4 rings (SSSR count). The highest BCUT2D eigenvalue weighted by molar-refractivity contribution is 6.02. The smallest absolute Gasteiger partial charge is 0.339 e. The van der Waals surface area contributed by atoms with Gasteiger partial charge in [0, 0.05) is 0 Å². The molecule has 0 aliphatic heterocycles.